The van der Waals surface area contributed by atoms with Crippen molar-refractivity contribution in [3.05, 3.63) is 62.9 Å². The van der Waals surface area contributed by atoms with Crippen molar-refractivity contribution >= 4 is 41.0 Å². The van der Waals surface area contributed by atoms with Gasteiger partial charge in [0.1, 0.15) is 0 Å². The van der Waals surface area contributed by atoms with Crippen LogP contribution in [0.5, 0.6) is 0 Å². The maximum atomic E-state index is 12.9. The van der Waals surface area contributed by atoms with Crippen LogP contribution in [-0.2, 0) is 33.6 Å². The molecule has 1 spiro atoms. The summed E-state index contributed by atoms with van der Waals surface area (Å²) in [7, 11) is 0. The first kappa shape index (κ1) is 26.9. The van der Waals surface area contributed by atoms with E-state index in [1.165, 1.54) is 24.1 Å². The summed E-state index contributed by atoms with van der Waals surface area (Å²) in [5, 5.41) is 16.1. The second kappa shape index (κ2) is 11.2. The van der Waals surface area contributed by atoms with Crippen LogP contribution in [0, 0.1) is 11.3 Å². The molecule has 3 N–H and O–H groups in total. The zero-order valence-electron chi connectivity index (χ0n) is 21.3. The van der Waals surface area contributed by atoms with Gasteiger partial charge in [-0.2, -0.15) is 0 Å². The summed E-state index contributed by atoms with van der Waals surface area (Å²) in [4.78, 5) is 41.6. The number of carbonyl (C=O) groups excluding carboxylic acids is 2. The molecule has 1 heterocycles. The summed E-state index contributed by atoms with van der Waals surface area (Å²) in [6.45, 7) is 0. The number of carboxylic acids is 1. The third-order valence-corrected chi connectivity index (χ3v) is 8.72. The van der Waals surface area contributed by atoms with Crippen LogP contribution in [0.25, 0.3) is 0 Å². The Hall–Kier alpha value is -2.64. The van der Waals surface area contributed by atoms with Crippen molar-refractivity contribution in [2.75, 3.05) is 0 Å². The van der Waals surface area contributed by atoms with Gasteiger partial charge in [0.15, 0.2) is 0 Å². The minimum absolute atomic E-state index is 0.0506. The van der Waals surface area contributed by atoms with Crippen LogP contribution in [-0.4, -0.2) is 33.9 Å². The van der Waals surface area contributed by atoms with E-state index >= 15 is 0 Å². The lowest BCUT2D eigenvalue weighted by atomic mass is 9.50. The van der Waals surface area contributed by atoms with Gasteiger partial charge in [-0.05, 0) is 98.6 Å². The molecule has 2 saturated carbocycles. The maximum absolute atomic E-state index is 12.9. The fraction of sp³-hybridized carbons (Fsp3) is 0.517. The maximum Gasteiger partial charge on any atom is 0.305 e. The highest BCUT2D eigenvalue weighted by atomic mass is 35.5. The van der Waals surface area contributed by atoms with E-state index in [9.17, 15) is 19.5 Å². The largest absolute Gasteiger partial charge is 0.481 e. The minimum atomic E-state index is -1.02. The highest BCUT2D eigenvalue weighted by Gasteiger charge is 2.55. The van der Waals surface area contributed by atoms with E-state index in [0.717, 1.165) is 44.2 Å². The van der Waals surface area contributed by atoms with Crippen molar-refractivity contribution in [1.82, 2.24) is 15.6 Å². The highest BCUT2D eigenvalue weighted by Crippen LogP contribution is 2.58. The Balaban J connectivity index is 1.05. The molecule has 9 heteroatoms. The number of aromatic nitrogens is 1. The van der Waals surface area contributed by atoms with Crippen molar-refractivity contribution < 1.29 is 19.5 Å². The predicted octanol–water partition coefficient (Wildman–Crippen LogP) is 5.21. The topological polar surface area (TPSA) is 108 Å². The lowest BCUT2D eigenvalue weighted by Crippen LogP contribution is -2.58. The standard InChI is InChI=1S/C29H33Cl2N3O4/c30-20-9-18(10-21(31)11-20)25(12-27(36)37)34-28(38)19-13-29(14-19)15-23(16-29)33-26(35)8-7-22-6-5-17-3-1-2-4-24(17)32-22/h5-6,9-11,19,23,25H,1-4,7-8,12-16H2,(H,33,35)(H,34,38)(H,36,37)/t19?,23?,25-,29?/m0/s1. The Kier molecular flexibility index (Phi) is 7.96. The number of halogens is 2. The number of hydrogen-bond donors (Lipinski definition) is 3. The first-order valence-electron chi connectivity index (χ1n) is 13.4. The van der Waals surface area contributed by atoms with E-state index in [1.54, 1.807) is 18.2 Å². The third-order valence-electron chi connectivity index (χ3n) is 8.28. The first-order chi connectivity index (χ1) is 18.2. The summed E-state index contributed by atoms with van der Waals surface area (Å²) >= 11 is 12.2. The summed E-state index contributed by atoms with van der Waals surface area (Å²) in [5.74, 6) is -1.28. The number of carboxylic acid groups (broad SMARTS) is 1. The molecule has 38 heavy (non-hydrogen) atoms. The molecule has 0 unspecified atom stereocenters. The number of hydrogen-bond acceptors (Lipinski definition) is 4. The Morgan fingerprint density at radius 2 is 1.74 bits per heavy atom. The molecule has 2 fully saturated rings. The fourth-order valence-corrected chi connectivity index (χ4v) is 6.94. The summed E-state index contributed by atoms with van der Waals surface area (Å²) in [5.41, 5.74) is 4.21. The average Bonchev–Trinajstić information content (AvgIpc) is 2.81. The summed E-state index contributed by atoms with van der Waals surface area (Å²) in [6.07, 6.45) is 8.64. The SMILES string of the molecule is O=C(O)C[C@H](NC(=O)C1CC2(CC(NC(=O)CCc3ccc4c(n3)CCCC4)C2)C1)c1cc(Cl)cc(Cl)c1. The van der Waals surface area contributed by atoms with Gasteiger partial charge in [-0.25, -0.2) is 0 Å². The van der Waals surface area contributed by atoms with Crippen LogP contribution in [0.2, 0.25) is 10.0 Å². The van der Waals surface area contributed by atoms with Gasteiger partial charge >= 0.3 is 5.97 Å². The van der Waals surface area contributed by atoms with Gasteiger partial charge < -0.3 is 15.7 Å². The van der Waals surface area contributed by atoms with Gasteiger partial charge in [-0.15, -0.1) is 0 Å². The second-order valence-corrected chi connectivity index (χ2v) is 12.1. The average molecular weight is 559 g/mol. The molecule has 2 aromatic rings. The van der Waals surface area contributed by atoms with Crippen LogP contribution in [0.3, 0.4) is 0 Å². The zero-order chi connectivity index (χ0) is 26.9. The molecule has 0 aliphatic heterocycles. The van der Waals surface area contributed by atoms with Gasteiger partial charge in [0, 0.05) is 39.8 Å². The van der Waals surface area contributed by atoms with E-state index in [0.29, 0.717) is 28.5 Å². The molecule has 1 aromatic carbocycles. The molecule has 2 amide bonds. The van der Waals surface area contributed by atoms with Crippen molar-refractivity contribution in [1.29, 1.82) is 0 Å². The van der Waals surface area contributed by atoms with Crippen molar-refractivity contribution in [3.63, 3.8) is 0 Å². The fourth-order valence-electron chi connectivity index (χ4n) is 6.39. The second-order valence-electron chi connectivity index (χ2n) is 11.3. The van der Waals surface area contributed by atoms with Crippen molar-refractivity contribution in [3.8, 4) is 0 Å². The van der Waals surface area contributed by atoms with Gasteiger partial charge in [-0.3, -0.25) is 19.4 Å². The molecular formula is C29H33Cl2N3O4. The first-order valence-corrected chi connectivity index (χ1v) is 14.2. The molecule has 0 bridgehead atoms. The van der Waals surface area contributed by atoms with E-state index in [1.807, 2.05) is 0 Å². The van der Waals surface area contributed by atoms with Gasteiger partial charge in [0.25, 0.3) is 0 Å². The lowest BCUT2D eigenvalue weighted by molar-refractivity contribution is -0.143. The minimum Gasteiger partial charge on any atom is -0.481 e. The molecule has 1 atom stereocenters. The van der Waals surface area contributed by atoms with E-state index in [-0.39, 0.29) is 35.6 Å². The van der Waals surface area contributed by atoms with Crippen LogP contribution < -0.4 is 10.6 Å². The normalized spacial score (nSPS) is 24.5. The van der Waals surface area contributed by atoms with Crippen LogP contribution in [0.15, 0.2) is 30.3 Å². The van der Waals surface area contributed by atoms with Crippen LogP contribution in [0.4, 0.5) is 0 Å². The number of amides is 2. The van der Waals surface area contributed by atoms with E-state index in [4.69, 9.17) is 28.2 Å². The van der Waals surface area contributed by atoms with Gasteiger partial charge in [-0.1, -0.05) is 29.3 Å². The number of nitrogens with zero attached hydrogens (tertiary/aromatic N) is 1. The predicted molar refractivity (Wildman–Crippen MR) is 145 cm³/mol. The number of aryl methyl sites for hydroxylation is 3. The number of rotatable bonds is 9. The van der Waals surface area contributed by atoms with Crippen molar-refractivity contribution in [2.45, 2.75) is 82.7 Å². The number of fused-ring (bicyclic) bond motifs is 1. The number of pyridine rings is 1. The van der Waals surface area contributed by atoms with Crippen LogP contribution in [0.1, 0.15) is 79.9 Å². The molecule has 5 rings (SSSR count). The monoisotopic (exact) mass is 557 g/mol. The Morgan fingerprint density at radius 1 is 1.03 bits per heavy atom. The Labute approximate surface area is 232 Å². The zero-order valence-corrected chi connectivity index (χ0v) is 22.8. The Morgan fingerprint density at radius 3 is 2.45 bits per heavy atom. The molecule has 3 aliphatic carbocycles. The molecule has 0 radical (unpaired) electrons. The number of benzene rings is 1. The number of carbonyl (C=O) groups is 3. The molecular weight excluding hydrogens is 525 g/mol. The molecule has 3 aliphatic rings. The smallest absolute Gasteiger partial charge is 0.305 e. The quantitative estimate of drug-likeness (QED) is 0.392. The highest BCUT2D eigenvalue weighted by molar-refractivity contribution is 6.34. The molecule has 0 saturated heterocycles. The molecule has 1 aromatic heterocycles. The molecule has 202 valence electrons. The van der Waals surface area contributed by atoms with E-state index in [2.05, 4.69) is 22.8 Å². The number of nitrogens with one attached hydrogen (secondary N) is 2. The molecule has 7 nitrogen and oxygen atoms in total. The van der Waals surface area contributed by atoms with E-state index < -0.39 is 12.0 Å². The summed E-state index contributed by atoms with van der Waals surface area (Å²) < 4.78 is 0. The number of aliphatic carboxylic acids is 1. The third kappa shape index (κ3) is 6.32. The Bertz CT molecular complexity index is 1220. The summed E-state index contributed by atoms with van der Waals surface area (Å²) in [6, 6.07) is 8.49. The van der Waals surface area contributed by atoms with Gasteiger partial charge in [0.2, 0.25) is 11.8 Å². The van der Waals surface area contributed by atoms with Crippen molar-refractivity contribution in [2.24, 2.45) is 11.3 Å². The van der Waals surface area contributed by atoms with Gasteiger partial charge in [0.05, 0.1) is 12.5 Å². The van der Waals surface area contributed by atoms with Crippen LogP contribution >= 0.6 is 23.2 Å². The lowest BCUT2D eigenvalue weighted by Gasteiger charge is -2.57.